The fourth-order valence-electron chi connectivity index (χ4n) is 3.26. The number of hydrogen-bond donors (Lipinski definition) is 2. The van der Waals surface area contributed by atoms with Crippen LogP contribution in [0.15, 0.2) is 24.3 Å². The maximum absolute atomic E-state index is 9.87. The average Bonchev–Trinajstić information content (AvgIpc) is 2.69. The molecule has 0 saturated heterocycles. The highest BCUT2D eigenvalue weighted by molar-refractivity contribution is 5.31. The molecule has 1 unspecified atom stereocenters. The molecule has 0 amide bonds. The molecule has 1 rings (SSSR count). The Balaban J connectivity index is 1.80. The minimum Gasteiger partial charge on any atom is -0.508 e. The van der Waals surface area contributed by atoms with Crippen LogP contribution in [0.2, 0.25) is 0 Å². The zero-order valence-corrected chi connectivity index (χ0v) is 17.9. The number of aromatic hydroxyl groups is 1. The number of unbranched alkanes of at least 4 members (excludes halogenated alkanes) is 12. The predicted octanol–water partition coefficient (Wildman–Crippen LogP) is 6.24. The first-order chi connectivity index (χ1) is 13.7. The van der Waals surface area contributed by atoms with Crippen LogP contribution in [-0.4, -0.2) is 36.1 Å². The number of phenolic OH excluding ortho intramolecular Hbond substituents is 1. The number of aliphatic hydroxyl groups is 1. The number of hydrogen-bond acceptors (Lipinski definition) is 4. The molecule has 4 nitrogen and oxygen atoms in total. The molecule has 0 radical (unpaired) electrons. The van der Waals surface area contributed by atoms with Crippen molar-refractivity contribution < 1.29 is 19.7 Å². The molecule has 1 aromatic rings. The summed E-state index contributed by atoms with van der Waals surface area (Å²) >= 11 is 0. The van der Waals surface area contributed by atoms with Gasteiger partial charge in [-0.2, -0.15) is 0 Å². The summed E-state index contributed by atoms with van der Waals surface area (Å²) in [5.74, 6) is 0.709. The van der Waals surface area contributed by atoms with Gasteiger partial charge in [0.15, 0.2) is 0 Å². The minimum absolute atomic E-state index is 0.158. The molecule has 0 aliphatic carbocycles. The van der Waals surface area contributed by atoms with Crippen LogP contribution in [0.1, 0.15) is 90.4 Å². The van der Waals surface area contributed by atoms with Crippen LogP contribution in [0.25, 0.3) is 0 Å². The second-order valence-corrected chi connectivity index (χ2v) is 7.78. The Morgan fingerprint density at radius 3 is 1.93 bits per heavy atom. The second kappa shape index (κ2) is 17.8. The lowest BCUT2D eigenvalue weighted by atomic mass is 10.0. The van der Waals surface area contributed by atoms with E-state index in [4.69, 9.17) is 9.47 Å². The van der Waals surface area contributed by atoms with Gasteiger partial charge in [-0.15, -0.1) is 0 Å². The molecule has 1 atom stereocenters. The lowest BCUT2D eigenvalue weighted by Gasteiger charge is -2.13. The van der Waals surface area contributed by atoms with E-state index in [0.29, 0.717) is 12.4 Å². The quantitative estimate of drug-likeness (QED) is 0.273. The minimum atomic E-state index is -0.649. The molecule has 0 aromatic heterocycles. The van der Waals surface area contributed by atoms with E-state index in [1.54, 1.807) is 18.2 Å². The smallest absolute Gasteiger partial charge is 0.123 e. The zero-order valence-electron chi connectivity index (χ0n) is 17.9. The van der Waals surface area contributed by atoms with E-state index in [0.717, 1.165) is 6.42 Å². The van der Waals surface area contributed by atoms with Crippen molar-refractivity contribution in [2.24, 2.45) is 0 Å². The van der Waals surface area contributed by atoms with E-state index in [-0.39, 0.29) is 19.0 Å². The Bertz CT molecular complexity index is 464. The lowest BCUT2D eigenvalue weighted by Crippen LogP contribution is -2.23. The van der Waals surface area contributed by atoms with Gasteiger partial charge in [-0.25, -0.2) is 0 Å². The topological polar surface area (TPSA) is 58.9 Å². The molecular formula is C24H42O4. The van der Waals surface area contributed by atoms with Gasteiger partial charge < -0.3 is 19.7 Å². The van der Waals surface area contributed by atoms with Gasteiger partial charge in [-0.3, -0.25) is 0 Å². The van der Waals surface area contributed by atoms with Crippen LogP contribution in [0.5, 0.6) is 11.5 Å². The highest BCUT2D eigenvalue weighted by Crippen LogP contribution is 2.17. The van der Waals surface area contributed by atoms with E-state index >= 15 is 0 Å². The van der Waals surface area contributed by atoms with Crippen LogP contribution in [0, 0.1) is 0 Å². The number of phenols is 1. The van der Waals surface area contributed by atoms with Crippen LogP contribution in [-0.2, 0) is 4.74 Å². The van der Waals surface area contributed by atoms with Crippen molar-refractivity contribution in [3.05, 3.63) is 24.3 Å². The second-order valence-electron chi connectivity index (χ2n) is 7.78. The summed E-state index contributed by atoms with van der Waals surface area (Å²) in [4.78, 5) is 0. The van der Waals surface area contributed by atoms with E-state index in [2.05, 4.69) is 6.92 Å². The SMILES string of the molecule is CCCCCCCCCCCCCCCOCC(O)COc1cccc(O)c1. The standard InChI is InChI=1S/C24H42O4/c1-2-3-4-5-6-7-8-9-10-11-12-13-14-18-27-20-23(26)21-28-24-17-15-16-22(25)19-24/h15-17,19,23,25-26H,2-14,18,20-21H2,1H3. The first kappa shape index (κ1) is 24.8. The summed E-state index contributed by atoms with van der Waals surface area (Å²) < 4.78 is 11.0. The molecule has 2 N–H and O–H groups in total. The monoisotopic (exact) mass is 394 g/mol. The molecule has 0 heterocycles. The summed E-state index contributed by atoms with van der Waals surface area (Å²) in [7, 11) is 0. The van der Waals surface area contributed by atoms with Crippen LogP contribution in [0.4, 0.5) is 0 Å². The van der Waals surface area contributed by atoms with Gasteiger partial charge >= 0.3 is 0 Å². The molecule has 0 aliphatic rings. The zero-order chi connectivity index (χ0) is 20.3. The van der Waals surface area contributed by atoms with Crippen LogP contribution < -0.4 is 4.74 Å². The predicted molar refractivity (Wildman–Crippen MR) is 116 cm³/mol. The van der Waals surface area contributed by atoms with Gasteiger partial charge in [0.2, 0.25) is 0 Å². The largest absolute Gasteiger partial charge is 0.508 e. The van der Waals surface area contributed by atoms with Gasteiger partial charge in [-0.05, 0) is 18.6 Å². The first-order valence-corrected chi connectivity index (χ1v) is 11.4. The molecule has 162 valence electrons. The molecule has 4 heteroatoms. The highest BCUT2D eigenvalue weighted by Gasteiger charge is 2.06. The Labute approximate surface area is 172 Å². The number of rotatable bonds is 19. The Morgan fingerprint density at radius 1 is 0.786 bits per heavy atom. The fourth-order valence-corrected chi connectivity index (χ4v) is 3.26. The van der Waals surface area contributed by atoms with E-state index in [9.17, 15) is 10.2 Å². The van der Waals surface area contributed by atoms with E-state index in [1.807, 2.05) is 0 Å². The number of aliphatic hydroxyl groups excluding tert-OH is 1. The van der Waals surface area contributed by atoms with Crippen molar-refractivity contribution >= 4 is 0 Å². The van der Waals surface area contributed by atoms with Gasteiger partial charge in [0.05, 0.1) is 6.61 Å². The molecule has 1 aromatic carbocycles. The number of benzene rings is 1. The van der Waals surface area contributed by atoms with E-state index < -0.39 is 6.10 Å². The van der Waals surface area contributed by atoms with Crippen molar-refractivity contribution in [1.82, 2.24) is 0 Å². The maximum Gasteiger partial charge on any atom is 0.123 e. The third-order valence-electron chi connectivity index (χ3n) is 4.96. The fraction of sp³-hybridized carbons (Fsp3) is 0.750. The molecule has 28 heavy (non-hydrogen) atoms. The van der Waals surface area contributed by atoms with Crippen molar-refractivity contribution in [1.29, 1.82) is 0 Å². The van der Waals surface area contributed by atoms with Gasteiger partial charge in [0.25, 0.3) is 0 Å². The molecule has 0 spiro atoms. The van der Waals surface area contributed by atoms with Crippen molar-refractivity contribution in [2.45, 2.75) is 96.5 Å². The lowest BCUT2D eigenvalue weighted by molar-refractivity contribution is 0.0109. The van der Waals surface area contributed by atoms with Crippen molar-refractivity contribution in [2.75, 3.05) is 19.8 Å². The molecule has 0 fully saturated rings. The third-order valence-corrected chi connectivity index (χ3v) is 4.96. The molecule has 0 bridgehead atoms. The summed E-state index contributed by atoms with van der Waals surface area (Å²) in [6.07, 6.45) is 16.8. The van der Waals surface area contributed by atoms with Crippen LogP contribution >= 0.6 is 0 Å². The van der Waals surface area contributed by atoms with Crippen LogP contribution in [0.3, 0.4) is 0 Å². The Morgan fingerprint density at radius 2 is 1.36 bits per heavy atom. The first-order valence-electron chi connectivity index (χ1n) is 11.4. The number of ether oxygens (including phenoxy) is 2. The third kappa shape index (κ3) is 14.8. The average molecular weight is 395 g/mol. The molecule has 0 saturated carbocycles. The van der Waals surface area contributed by atoms with Gasteiger partial charge in [0, 0.05) is 12.7 Å². The Kier molecular flexibility index (Phi) is 15.8. The summed E-state index contributed by atoms with van der Waals surface area (Å²) in [6, 6.07) is 6.58. The van der Waals surface area contributed by atoms with Crippen molar-refractivity contribution in [3.8, 4) is 11.5 Å². The maximum atomic E-state index is 9.87. The summed E-state index contributed by atoms with van der Waals surface area (Å²) in [6.45, 7) is 3.42. The molecule has 0 aliphatic heterocycles. The molecular weight excluding hydrogens is 352 g/mol. The normalized spacial score (nSPS) is 12.2. The summed E-state index contributed by atoms with van der Waals surface area (Å²) in [5, 5.41) is 19.2. The Hall–Kier alpha value is -1.26. The van der Waals surface area contributed by atoms with E-state index in [1.165, 1.54) is 83.1 Å². The van der Waals surface area contributed by atoms with Gasteiger partial charge in [0.1, 0.15) is 24.2 Å². The highest BCUT2D eigenvalue weighted by atomic mass is 16.5. The summed E-state index contributed by atoms with van der Waals surface area (Å²) in [5.41, 5.74) is 0. The van der Waals surface area contributed by atoms with Gasteiger partial charge in [-0.1, -0.05) is 90.0 Å². The van der Waals surface area contributed by atoms with Crippen molar-refractivity contribution in [3.63, 3.8) is 0 Å².